The number of aliphatic hydroxyl groups is 4. The molecular formula is C42H76O10. The molecule has 0 bridgehead atoms. The lowest BCUT2D eigenvalue weighted by Crippen LogP contribution is -2.59. The Morgan fingerprint density at radius 2 is 1.08 bits per heavy atom. The Morgan fingerprint density at radius 3 is 1.62 bits per heavy atom. The molecule has 0 spiro atoms. The van der Waals surface area contributed by atoms with Gasteiger partial charge in [0.05, 0.1) is 13.2 Å². The molecule has 304 valence electrons. The van der Waals surface area contributed by atoms with E-state index in [1.807, 2.05) is 0 Å². The highest BCUT2D eigenvalue weighted by Crippen LogP contribution is 2.22. The minimum atomic E-state index is -1.59. The number of carbonyl (C=O) groups is 2. The van der Waals surface area contributed by atoms with Gasteiger partial charge in [-0.1, -0.05) is 141 Å². The van der Waals surface area contributed by atoms with Gasteiger partial charge < -0.3 is 39.4 Å². The number of hydrogen-bond donors (Lipinski definition) is 4. The molecule has 10 heteroatoms. The smallest absolute Gasteiger partial charge is 0.306 e. The highest BCUT2D eigenvalue weighted by atomic mass is 16.7. The Labute approximate surface area is 315 Å². The van der Waals surface area contributed by atoms with Gasteiger partial charge in [0.25, 0.3) is 0 Å². The summed E-state index contributed by atoms with van der Waals surface area (Å²) in [4.78, 5) is 24.9. The van der Waals surface area contributed by atoms with Crippen LogP contribution in [-0.2, 0) is 28.5 Å². The van der Waals surface area contributed by atoms with Crippen molar-refractivity contribution in [2.45, 2.75) is 211 Å². The third kappa shape index (κ3) is 25.2. The molecule has 0 aliphatic carbocycles. The van der Waals surface area contributed by atoms with Crippen molar-refractivity contribution in [2.75, 3.05) is 19.8 Å². The van der Waals surface area contributed by atoms with Crippen molar-refractivity contribution in [3.63, 3.8) is 0 Å². The van der Waals surface area contributed by atoms with E-state index in [0.717, 1.165) is 44.9 Å². The molecular weight excluding hydrogens is 664 g/mol. The van der Waals surface area contributed by atoms with Gasteiger partial charge in [-0.3, -0.25) is 9.59 Å². The van der Waals surface area contributed by atoms with E-state index in [0.29, 0.717) is 12.8 Å². The van der Waals surface area contributed by atoms with E-state index < -0.39 is 55.4 Å². The lowest BCUT2D eigenvalue weighted by Gasteiger charge is -2.39. The minimum Gasteiger partial charge on any atom is -0.462 e. The van der Waals surface area contributed by atoms with Gasteiger partial charge in [-0.25, -0.2) is 0 Å². The molecule has 0 aromatic heterocycles. The number of allylic oxidation sites excluding steroid dienone is 4. The number of hydrogen-bond acceptors (Lipinski definition) is 10. The van der Waals surface area contributed by atoms with E-state index >= 15 is 0 Å². The largest absolute Gasteiger partial charge is 0.462 e. The Kier molecular flexibility index (Phi) is 31.3. The number of esters is 2. The van der Waals surface area contributed by atoms with Gasteiger partial charge in [0.1, 0.15) is 31.0 Å². The maximum Gasteiger partial charge on any atom is 0.306 e. The zero-order valence-electron chi connectivity index (χ0n) is 32.8. The first-order valence-electron chi connectivity index (χ1n) is 20.9. The Morgan fingerprint density at radius 1 is 0.596 bits per heavy atom. The Balaban J connectivity index is 2.18. The van der Waals surface area contributed by atoms with Gasteiger partial charge in [-0.05, 0) is 44.9 Å². The Hall–Kier alpha value is -1.82. The predicted octanol–water partition coefficient (Wildman–Crippen LogP) is 8.16. The number of aliphatic hydroxyl groups excluding tert-OH is 4. The monoisotopic (exact) mass is 741 g/mol. The number of unbranched alkanes of at least 4 members (excludes halogenated alkanes) is 19. The molecule has 6 unspecified atom stereocenters. The number of ether oxygens (including phenoxy) is 4. The van der Waals surface area contributed by atoms with E-state index in [2.05, 4.69) is 38.2 Å². The molecule has 0 saturated carbocycles. The van der Waals surface area contributed by atoms with Crippen molar-refractivity contribution in [1.29, 1.82) is 0 Å². The van der Waals surface area contributed by atoms with Gasteiger partial charge in [0.15, 0.2) is 12.4 Å². The highest BCUT2D eigenvalue weighted by Gasteiger charge is 2.44. The van der Waals surface area contributed by atoms with E-state index in [4.69, 9.17) is 18.9 Å². The van der Waals surface area contributed by atoms with E-state index in [-0.39, 0.29) is 26.1 Å². The maximum atomic E-state index is 12.7. The second-order valence-corrected chi connectivity index (χ2v) is 14.4. The van der Waals surface area contributed by atoms with Crippen LogP contribution in [0.3, 0.4) is 0 Å². The van der Waals surface area contributed by atoms with E-state index in [1.54, 1.807) is 0 Å². The Bertz CT molecular complexity index is 907. The summed E-state index contributed by atoms with van der Waals surface area (Å²) < 4.78 is 21.9. The fourth-order valence-corrected chi connectivity index (χ4v) is 6.22. The van der Waals surface area contributed by atoms with Crippen LogP contribution in [0.2, 0.25) is 0 Å². The van der Waals surface area contributed by atoms with Gasteiger partial charge in [0, 0.05) is 12.8 Å². The second kappa shape index (κ2) is 33.7. The van der Waals surface area contributed by atoms with Crippen molar-refractivity contribution in [2.24, 2.45) is 0 Å². The molecule has 52 heavy (non-hydrogen) atoms. The maximum absolute atomic E-state index is 12.7. The van der Waals surface area contributed by atoms with E-state index in [1.165, 1.54) is 89.9 Å². The summed E-state index contributed by atoms with van der Waals surface area (Å²) in [7, 11) is 0. The zero-order chi connectivity index (χ0) is 38.1. The molecule has 10 nitrogen and oxygen atoms in total. The van der Waals surface area contributed by atoms with Crippen molar-refractivity contribution in [1.82, 2.24) is 0 Å². The first kappa shape index (κ1) is 48.2. The van der Waals surface area contributed by atoms with Crippen LogP contribution < -0.4 is 0 Å². The van der Waals surface area contributed by atoms with Crippen LogP contribution >= 0.6 is 0 Å². The van der Waals surface area contributed by atoms with Gasteiger partial charge in [-0.2, -0.15) is 0 Å². The third-order valence-corrected chi connectivity index (χ3v) is 9.59. The molecule has 0 aromatic rings. The van der Waals surface area contributed by atoms with Crippen molar-refractivity contribution < 1.29 is 49.0 Å². The van der Waals surface area contributed by atoms with Crippen LogP contribution in [0, 0.1) is 0 Å². The van der Waals surface area contributed by atoms with Crippen LogP contribution in [-0.4, -0.2) is 89.0 Å². The topological polar surface area (TPSA) is 152 Å². The third-order valence-electron chi connectivity index (χ3n) is 9.59. The molecule has 6 atom stereocenters. The van der Waals surface area contributed by atoms with Crippen LogP contribution in [0.4, 0.5) is 0 Å². The molecule has 1 rings (SSSR count). The second-order valence-electron chi connectivity index (χ2n) is 14.4. The molecule has 4 N–H and O–H groups in total. The summed E-state index contributed by atoms with van der Waals surface area (Å²) >= 11 is 0. The van der Waals surface area contributed by atoms with Gasteiger partial charge in [0.2, 0.25) is 0 Å². The summed E-state index contributed by atoms with van der Waals surface area (Å²) in [6, 6.07) is 0. The van der Waals surface area contributed by atoms with Crippen molar-refractivity contribution in [3.05, 3.63) is 24.3 Å². The number of carbonyl (C=O) groups excluding carboxylic acids is 2. The average molecular weight is 741 g/mol. The summed E-state index contributed by atoms with van der Waals surface area (Å²) in [6.45, 7) is 3.27. The fourth-order valence-electron chi connectivity index (χ4n) is 6.22. The number of rotatable bonds is 34. The normalized spacial score (nSPS) is 21.2. The van der Waals surface area contributed by atoms with Crippen LogP contribution in [0.5, 0.6) is 0 Å². The molecule has 0 amide bonds. The van der Waals surface area contributed by atoms with E-state index in [9.17, 15) is 30.0 Å². The molecule has 1 heterocycles. The average Bonchev–Trinajstić information content (AvgIpc) is 3.14. The van der Waals surface area contributed by atoms with Crippen LogP contribution in [0.1, 0.15) is 174 Å². The van der Waals surface area contributed by atoms with Gasteiger partial charge >= 0.3 is 11.9 Å². The standard InChI is InChI=1S/C42H76O10/c1-3-5-7-9-10-11-12-13-14-15-16-17-18-19-20-21-22-23-24-25-26-27-29-31-38(45)51-35(33-49-37(44)30-28-8-6-4-2)34-50-42-41(48)40(47)39(46)36(32-43)52-42/h12-13,15-16,35-36,39-43,46-48H,3-11,14,17-34H2,1-2H3/b13-12-,16-15-. The summed E-state index contributed by atoms with van der Waals surface area (Å²) in [5.41, 5.74) is 0. The highest BCUT2D eigenvalue weighted by molar-refractivity contribution is 5.70. The zero-order valence-corrected chi connectivity index (χ0v) is 32.8. The van der Waals surface area contributed by atoms with Crippen molar-refractivity contribution in [3.8, 4) is 0 Å². The minimum absolute atomic E-state index is 0.218. The molecule has 1 saturated heterocycles. The predicted molar refractivity (Wildman–Crippen MR) is 206 cm³/mol. The molecule has 1 fully saturated rings. The molecule has 0 radical (unpaired) electrons. The molecule has 1 aliphatic rings. The lowest BCUT2D eigenvalue weighted by molar-refractivity contribution is -0.305. The molecule has 0 aromatic carbocycles. The van der Waals surface area contributed by atoms with Crippen molar-refractivity contribution >= 4 is 11.9 Å². The quantitative estimate of drug-likeness (QED) is 0.0289. The van der Waals surface area contributed by atoms with Crippen LogP contribution in [0.15, 0.2) is 24.3 Å². The lowest BCUT2D eigenvalue weighted by atomic mass is 9.99. The van der Waals surface area contributed by atoms with Crippen LogP contribution in [0.25, 0.3) is 0 Å². The first-order valence-corrected chi connectivity index (χ1v) is 20.9. The summed E-state index contributed by atoms with van der Waals surface area (Å²) in [5, 5.41) is 39.8. The molecule has 1 aliphatic heterocycles. The first-order chi connectivity index (χ1) is 25.3. The SMILES string of the molecule is CCCCCCC/C=C\C/C=C\CCCCCCCCCCCCCC(=O)OC(COC(=O)CCCCCC)COC1OC(CO)C(O)C(O)C1O. The fraction of sp³-hybridized carbons (Fsp3) is 0.857. The summed E-state index contributed by atoms with van der Waals surface area (Å²) in [5.74, 6) is -0.826. The summed E-state index contributed by atoms with van der Waals surface area (Å²) in [6.07, 6.45) is 28.3. The van der Waals surface area contributed by atoms with Gasteiger partial charge in [-0.15, -0.1) is 0 Å².